The summed E-state index contributed by atoms with van der Waals surface area (Å²) in [5, 5.41) is 2.87. The van der Waals surface area contributed by atoms with E-state index in [1.807, 2.05) is 18.2 Å². The van der Waals surface area contributed by atoms with Crippen molar-refractivity contribution in [3.05, 3.63) is 53.6 Å². The van der Waals surface area contributed by atoms with Gasteiger partial charge in [-0.1, -0.05) is 6.07 Å². The molecular formula is C22H25F3N2O5. The van der Waals surface area contributed by atoms with Gasteiger partial charge in [-0.25, -0.2) is 0 Å². The number of amides is 1. The van der Waals surface area contributed by atoms with Crippen molar-refractivity contribution >= 4 is 5.91 Å². The third-order valence-corrected chi connectivity index (χ3v) is 5.08. The number of alkyl halides is 3. The van der Waals surface area contributed by atoms with E-state index >= 15 is 0 Å². The van der Waals surface area contributed by atoms with Gasteiger partial charge in [0, 0.05) is 25.2 Å². The Balaban J connectivity index is 1.73. The normalized spacial score (nSPS) is 15.7. The van der Waals surface area contributed by atoms with Gasteiger partial charge in [-0.05, 0) is 42.0 Å². The maximum Gasteiger partial charge on any atom is 0.573 e. The summed E-state index contributed by atoms with van der Waals surface area (Å²) >= 11 is 0. The molecule has 1 atom stereocenters. The van der Waals surface area contributed by atoms with E-state index in [0.717, 1.165) is 17.7 Å². The van der Waals surface area contributed by atoms with Crippen LogP contribution in [0.25, 0.3) is 0 Å². The van der Waals surface area contributed by atoms with E-state index in [1.165, 1.54) is 12.1 Å². The molecule has 0 bridgehead atoms. The Labute approximate surface area is 184 Å². The molecule has 32 heavy (non-hydrogen) atoms. The first-order valence-corrected chi connectivity index (χ1v) is 9.98. The van der Waals surface area contributed by atoms with Gasteiger partial charge in [-0.15, -0.1) is 13.2 Å². The summed E-state index contributed by atoms with van der Waals surface area (Å²) in [7, 11) is 3.11. The molecule has 0 spiro atoms. The van der Waals surface area contributed by atoms with Crippen LogP contribution in [0.15, 0.2) is 42.5 Å². The van der Waals surface area contributed by atoms with Crippen LogP contribution in [-0.2, 0) is 4.74 Å². The maximum absolute atomic E-state index is 12.6. The molecule has 1 aliphatic heterocycles. The third kappa shape index (κ3) is 6.27. The minimum Gasteiger partial charge on any atom is -0.493 e. The topological polar surface area (TPSA) is 69.3 Å². The number of carbonyl (C=O) groups excluding carboxylic acids is 1. The number of hydrogen-bond acceptors (Lipinski definition) is 6. The molecule has 1 heterocycles. The molecule has 2 aromatic carbocycles. The van der Waals surface area contributed by atoms with Crippen molar-refractivity contribution in [3.63, 3.8) is 0 Å². The van der Waals surface area contributed by atoms with E-state index in [4.69, 9.17) is 14.2 Å². The highest BCUT2D eigenvalue weighted by atomic mass is 19.4. The number of nitrogens with one attached hydrogen (secondary N) is 1. The van der Waals surface area contributed by atoms with Crippen molar-refractivity contribution in [3.8, 4) is 17.2 Å². The molecular weight excluding hydrogens is 429 g/mol. The zero-order valence-corrected chi connectivity index (χ0v) is 17.8. The summed E-state index contributed by atoms with van der Waals surface area (Å²) in [4.78, 5) is 14.8. The molecule has 1 N–H and O–H groups in total. The van der Waals surface area contributed by atoms with Crippen LogP contribution in [0.5, 0.6) is 17.2 Å². The average molecular weight is 454 g/mol. The number of nitrogens with zero attached hydrogens (tertiary/aromatic N) is 1. The van der Waals surface area contributed by atoms with Gasteiger partial charge in [-0.3, -0.25) is 9.69 Å². The summed E-state index contributed by atoms with van der Waals surface area (Å²) in [6.45, 7) is 2.84. The van der Waals surface area contributed by atoms with Gasteiger partial charge in [0.15, 0.2) is 11.5 Å². The van der Waals surface area contributed by atoms with Crippen LogP contribution in [0, 0.1) is 0 Å². The summed E-state index contributed by atoms with van der Waals surface area (Å²) in [6, 6.07) is 10.2. The summed E-state index contributed by atoms with van der Waals surface area (Å²) < 4.78 is 56.9. The lowest BCUT2D eigenvalue weighted by Crippen LogP contribution is -2.43. The molecule has 0 radical (unpaired) electrons. The van der Waals surface area contributed by atoms with Crippen molar-refractivity contribution in [2.24, 2.45) is 0 Å². The molecule has 1 fully saturated rings. The molecule has 1 amide bonds. The summed E-state index contributed by atoms with van der Waals surface area (Å²) in [6.07, 6.45) is -4.78. The highest BCUT2D eigenvalue weighted by Gasteiger charge is 2.31. The molecule has 0 aromatic heterocycles. The molecule has 2 aromatic rings. The fraction of sp³-hybridized carbons (Fsp3) is 0.409. The molecule has 7 nitrogen and oxygen atoms in total. The fourth-order valence-corrected chi connectivity index (χ4v) is 3.51. The number of benzene rings is 2. The van der Waals surface area contributed by atoms with Gasteiger partial charge in [-0.2, -0.15) is 0 Å². The van der Waals surface area contributed by atoms with Crippen molar-refractivity contribution < 1.29 is 36.9 Å². The van der Waals surface area contributed by atoms with Gasteiger partial charge < -0.3 is 24.3 Å². The minimum atomic E-state index is -4.78. The Bertz CT molecular complexity index is 899. The first-order valence-electron chi connectivity index (χ1n) is 9.98. The Hall–Kier alpha value is -2.98. The number of rotatable bonds is 8. The predicted octanol–water partition coefficient (Wildman–Crippen LogP) is 3.41. The van der Waals surface area contributed by atoms with E-state index in [2.05, 4.69) is 15.0 Å². The number of morpholine rings is 1. The molecule has 1 saturated heterocycles. The van der Waals surface area contributed by atoms with Crippen molar-refractivity contribution in [2.75, 3.05) is 47.1 Å². The minimum absolute atomic E-state index is 0.157. The van der Waals surface area contributed by atoms with Crippen LogP contribution < -0.4 is 19.5 Å². The second kappa shape index (κ2) is 10.6. The Morgan fingerprint density at radius 1 is 1.06 bits per heavy atom. The zero-order chi connectivity index (χ0) is 23.1. The van der Waals surface area contributed by atoms with Crippen LogP contribution in [0.3, 0.4) is 0 Å². The van der Waals surface area contributed by atoms with Crippen molar-refractivity contribution in [1.29, 1.82) is 0 Å². The molecule has 1 unspecified atom stereocenters. The molecule has 0 aliphatic carbocycles. The van der Waals surface area contributed by atoms with E-state index in [1.54, 1.807) is 14.2 Å². The smallest absolute Gasteiger partial charge is 0.493 e. The first-order chi connectivity index (χ1) is 15.3. The lowest BCUT2D eigenvalue weighted by atomic mass is 10.0. The summed E-state index contributed by atoms with van der Waals surface area (Å²) in [5.74, 6) is 0.393. The lowest BCUT2D eigenvalue weighted by molar-refractivity contribution is -0.274. The van der Waals surface area contributed by atoms with Crippen LogP contribution in [0.2, 0.25) is 0 Å². The molecule has 10 heteroatoms. The van der Waals surface area contributed by atoms with Gasteiger partial charge in [0.25, 0.3) is 5.91 Å². The number of carbonyl (C=O) groups is 1. The van der Waals surface area contributed by atoms with Crippen LogP contribution in [0.4, 0.5) is 13.2 Å². The fourth-order valence-electron chi connectivity index (χ4n) is 3.51. The molecule has 1 aliphatic rings. The molecule has 3 rings (SSSR count). The van der Waals surface area contributed by atoms with E-state index < -0.39 is 12.3 Å². The SMILES string of the molecule is COc1ccc(C(CNC(=O)c2ccc(OC(F)(F)F)cc2)N2CCOCC2)cc1OC. The predicted molar refractivity (Wildman–Crippen MR) is 110 cm³/mol. The maximum atomic E-state index is 12.6. The van der Waals surface area contributed by atoms with E-state index in [9.17, 15) is 18.0 Å². The first kappa shape index (κ1) is 23.7. The van der Waals surface area contributed by atoms with E-state index in [-0.39, 0.29) is 23.9 Å². The zero-order valence-electron chi connectivity index (χ0n) is 17.8. The molecule has 174 valence electrons. The molecule has 0 saturated carbocycles. The lowest BCUT2D eigenvalue weighted by Gasteiger charge is -2.35. The Kier molecular flexibility index (Phi) is 7.81. The van der Waals surface area contributed by atoms with Gasteiger partial charge >= 0.3 is 6.36 Å². The third-order valence-electron chi connectivity index (χ3n) is 5.08. The van der Waals surface area contributed by atoms with Gasteiger partial charge in [0.1, 0.15) is 5.75 Å². The Morgan fingerprint density at radius 3 is 2.31 bits per heavy atom. The second-order valence-corrected chi connectivity index (χ2v) is 7.06. The van der Waals surface area contributed by atoms with Gasteiger partial charge in [0.05, 0.1) is 33.5 Å². The van der Waals surface area contributed by atoms with Crippen molar-refractivity contribution in [1.82, 2.24) is 10.2 Å². The monoisotopic (exact) mass is 454 g/mol. The van der Waals surface area contributed by atoms with Crippen molar-refractivity contribution in [2.45, 2.75) is 12.4 Å². The van der Waals surface area contributed by atoms with Crippen LogP contribution >= 0.6 is 0 Å². The van der Waals surface area contributed by atoms with Gasteiger partial charge in [0.2, 0.25) is 0 Å². The highest BCUT2D eigenvalue weighted by Crippen LogP contribution is 2.32. The number of hydrogen-bond donors (Lipinski definition) is 1. The van der Waals surface area contributed by atoms with Crippen LogP contribution in [0.1, 0.15) is 22.0 Å². The number of halogens is 3. The Morgan fingerprint density at radius 2 is 1.72 bits per heavy atom. The average Bonchev–Trinajstić information content (AvgIpc) is 2.79. The van der Waals surface area contributed by atoms with E-state index in [0.29, 0.717) is 37.8 Å². The standard InChI is InChI=1S/C22H25F3N2O5/c1-29-19-8-5-16(13-20(19)30-2)18(27-9-11-31-12-10-27)14-26-21(28)15-3-6-17(7-4-15)32-22(23,24)25/h3-8,13,18H,9-12,14H2,1-2H3,(H,26,28). The largest absolute Gasteiger partial charge is 0.573 e. The number of ether oxygens (including phenoxy) is 4. The quantitative estimate of drug-likeness (QED) is 0.660. The number of methoxy groups -OCH3 is 2. The second-order valence-electron chi connectivity index (χ2n) is 7.06. The highest BCUT2D eigenvalue weighted by molar-refractivity contribution is 5.94. The summed E-state index contributed by atoms with van der Waals surface area (Å²) in [5.41, 5.74) is 1.16. The van der Waals surface area contributed by atoms with Crippen LogP contribution in [-0.4, -0.2) is 64.2 Å².